The van der Waals surface area contributed by atoms with Crippen LogP contribution in [0.15, 0.2) is 30.3 Å². The van der Waals surface area contributed by atoms with Crippen LogP contribution in [-0.4, -0.2) is 11.7 Å². The van der Waals surface area contributed by atoms with Crippen LogP contribution in [0.2, 0.25) is 5.02 Å². The number of amides is 1. The molecular weight excluding hydrogens is 352 g/mol. The largest absolute Gasteiger partial charge is 0.448 e. The highest BCUT2D eigenvalue weighted by molar-refractivity contribution is 6.34. The molecule has 0 aromatic heterocycles. The summed E-state index contributed by atoms with van der Waals surface area (Å²) in [4.78, 5) is 12.3. The van der Waals surface area contributed by atoms with Gasteiger partial charge in [0.25, 0.3) is 11.7 Å². The van der Waals surface area contributed by atoms with Crippen molar-refractivity contribution >= 4 is 23.2 Å². The van der Waals surface area contributed by atoms with Crippen LogP contribution in [0.25, 0.3) is 0 Å². The minimum absolute atomic E-state index is 0.148. The van der Waals surface area contributed by atoms with Gasteiger partial charge in [0.2, 0.25) is 0 Å². The molecular formula is C18H14ClF2NO3. The molecule has 1 aliphatic carbocycles. The van der Waals surface area contributed by atoms with Crippen molar-refractivity contribution in [2.75, 3.05) is 5.32 Å². The maximum atomic E-state index is 13.4. The Morgan fingerprint density at radius 3 is 2.48 bits per heavy atom. The number of anilines is 1. The summed E-state index contributed by atoms with van der Waals surface area (Å²) in [6.45, 7) is 0. The van der Waals surface area contributed by atoms with Gasteiger partial charge >= 0.3 is 0 Å². The van der Waals surface area contributed by atoms with Crippen LogP contribution < -0.4 is 14.8 Å². The highest BCUT2D eigenvalue weighted by Gasteiger charge is 2.44. The van der Waals surface area contributed by atoms with Gasteiger partial charge < -0.3 is 14.8 Å². The summed E-state index contributed by atoms with van der Waals surface area (Å²) in [6.07, 6.45) is 3.75. The third-order valence-electron chi connectivity index (χ3n) is 4.41. The van der Waals surface area contributed by atoms with E-state index in [1.807, 2.05) is 0 Å². The quantitative estimate of drug-likeness (QED) is 0.769. The molecule has 1 N–H and O–H groups in total. The Hall–Kier alpha value is -2.34. The molecule has 0 unspecified atom stereocenters. The van der Waals surface area contributed by atoms with Gasteiger partial charge in [-0.1, -0.05) is 11.6 Å². The van der Waals surface area contributed by atoms with Crippen molar-refractivity contribution in [2.45, 2.75) is 31.5 Å². The minimum Gasteiger partial charge on any atom is -0.448 e. The molecule has 1 amide bonds. The second-order valence-corrected chi connectivity index (χ2v) is 6.59. The monoisotopic (exact) mass is 365 g/mol. The molecule has 1 spiro atoms. The van der Waals surface area contributed by atoms with Crippen LogP contribution >= 0.6 is 11.6 Å². The van der Waals surface area contributed by atoms with Gasteiger partial charge in [-0.2, -0.15) is 0 Å². The summed E-state index contributed by atoms with van der Waals surface area (Å²) in [5.74, 6) is -2.29. The summed E-state index contributed by atoms with van der Waals surface area (Å²) < 4.78 is 38.3. The molecule has 4 nitrogen and oxygen atoms in total. The zero-order chi connectivity index (χ0) is 17.6. The summed E-state index contributed by atoms with van der Waals surface area (Å²) in [7, 11) is 0. The maximum absolute atomic E-state index is 13.4. The summed E-state index contributed by atoms with van der Waals surface area (Å²) in [5.41, 5.74) is 0.300. The van der Waals surface area contributed by atoms with Crippen molar-refractivity contribution in [3.63, 3.8) is 0 Å². The second kappa shape index (κ2) is 5.88. The Kier molecular flexibility index (Phi) is 3.80. The fraction of sp³-hybridized carbons (Fsp3) is 0.278. The van der Waals surface area contributed by atoms with Gasteiger partial charge in [0.1, 0.15) is 0 Å². The first-order valence-electron chi connectivity index (χ1n) is 7.94. The number of hydrogen-bond donors (Lipinski definition) is 1. The number of ether oxygens (including phenoxy) is 2. The number of carbonyl (C=O) groups is 1. The van der Waals surface area contributed by atoms with E-state index < -0.39 is 23.3 Å². The van der Waals surface area contributed by atoms with Crippen molar-refractivity contribution in [3.8, 4) is 11.5 Å². The summed E-state index contributed by atoms with van der Waals surface area (Å²) in [6, 6.07) is 6.56. The van der Waals surface area contributed by atoms with E-state index in [1.165, 1.54) is 0 Å². The Labute approximate surface area is 147 Å². The predicted octanol–water partition coefficient (Wildman–Crippen LogP) is 4.91. The Morgan fingerprint density at radius 1 is 1.04 bits per heavy atom. The van der Waals surface area contributed by atoms with E-state index in [0.717, 1.165) is 37.8 Å². The van der Waals surface area contributed by atoms with Crippen molar-refractivity contribution < 1.29 is 23.0 Å². The third kappa shape index (κ3) is 2.91. The summed E-state index contributed by atoms with van der Waals surface area (Å²) >= 11 is 5.83. The van der Waals surface area contributed by atoms with E-state index in [-0.39, 0.29) is 10.6 Å². The lowest BCUT2D eigenvalue weighted by atomic mass is 10.2. The van der Waals surface area contributed by atoms with Gasteiger partial charge in [-0.15, -0.1) is 0 Å². The fourth-order valence-electron chi connectivity index (χ4n) is 3.18. The van der Waals surface area contributed by atoms with E-state index in [4.69, 9.17) is 21.1 Å². The zero-order valence-corrected chi connectivity index (χ0v) is 13.8. The Morgan fingerprint density at radius 2 is 1.72 bits per heavy atom. The van der Waals surface area contributed by atoms with Crippen LogP contribution in [-0.2, 0) is 0 Å². The third-order valence-corrected chi connectivity index (χ3v) is 4.73. The van der Waals surface area contributed by atoms with Crippen LogP contribution in [0.5, 0.6) is 11.5 Å². The molecule has 1 aliphatic heterocycles. The normalized spacial score (nSPS) is 17.1. The minimum atomic E-state index is -1.14. The molecule has 25 heavy (non-hydrogen) atoms. The predicted molar refractivity (Wildman–Crippen MR) is 88.2 cm³/mol. The van der Waals surface area contributed by atoms with Crippen LogP contribution in [0, 0.1) is 11.6 Å². The number of hydrogen-bond acceptors (Lipinski definition) is 3. The molecule has 0 radical (unpaired) electrons. The average Bonchev–Trinajstić information content (AvgIpc) is 3.16. The van der Waals surface area contributed by atoms with Crippen LogP contribution in [0.3, 0.4) is 0 Å². The van der Waals surface area contributed by atoms with Gasteiger partial charge in [0, 0.05) is 24.6 Å². The van der Waals surface area contributed by atoms with Crippen molar-refractivity contribution in [3.05, 3.63) is 52.6 Å². The van der Waals surface area contributed by atoms with E-state index in [9.17, 15) is 13.6 Å². The molecule has 0 saturated heterocycles. The molecule has 1 fully saturated rings. The number of nitrogens with one attached hydrogen (secondary N) is 1. The van der Waals surface area contributed by atoms with E-state index in [0.29, 0.717) is 17.2 Å². The van der Waals surface area contributed by atoms with Gasteiger partial charge in [0.15, 0.2) is 23.1 Å². The van der Waals surface area contributed by atoms with Crippen LogP contribution in [0.1, 0.15) is 36.0 Å². The number of carbonyl (C=O) groups excluding carboxylic acids is 1. The summed E-state index contributed by atoms with van der Waals surface area (Å²) in [5, 5.41) is 2.44. The van der Waals surface area contributed by atoms with Gasteiger partial charge in [-0.25, -0.2) is 8.78 Å². The molecule has 130 valence electrons. The maximum Gasteiger partial charge on any atom is 0.257 e. The number of fused-ring (bicyclic) bond motifs is 1. The second-order valence-electron chi connectivity index (χ2n) is 6.18. The number of halogens is 3. The van der Waals surface area contributed by atoms with E-state index in [2.05, 4.69) is 5.32 Å². The van der Waals surface area contributed by atoms with Crippen molar-refractivity contribution in [1.29, 1.82) is 0 Å². The van der Waals surface area contributed by atoms with Gasteiger partial charge in [0.05, 0.1) is 10.6 Å². The molecule has 4 rings (SSSR count). The average molecular weight is 366 g/mol. The molecule has 7 heteroatoms. The fourth-order valence-corrected chi connectivity index (χ4v) is 3.42. The lowest BCUT2D eigenvalue weighted by Gasteiger charge is -2.21. The number of rotatable bonds is 2. The molecule has 1 heterocycles. The molecule has 0 atom stereocenters. The lowest BCUT2D eigenvalue weighted by Crippen LogP contribution is -2.34. The van der Waals surface area contributed by atoms with Gasteiger partial charge in [-0.05, 0) is 37.1 Å². The first-order valence-corrected chi connectivity index (χ1v) is 8.32. The SMILES string of the molecule is O=C(Nc1ccc2c(c1)OC1(CCCC1)O2)c1cc(F)c(F)cc1Cl. The van der Waals surface area contributed by atoms with E-state index in [1.54, 1.807) is 18.2 Å². The van der Waals surface area contributed by atoms with Crippen molar-refractivity contribution in [1.82, 2.24) is 0 Å². The Bertz CT molecular complexity index is 866. The van der Waals surface area contributed by atoms with Crippen molar-refractivity contribution in [2.24, 2.45) is 0 Å². The molecule has 1 saturated carbocycles. The first-order chi connectivity index (χ1) is 12.0. The lowest BCUT2D eigenvalue weighted by molar-refractivity contribution is -0.0716. The number of benzene rings is 2. The van der Waals surface area contributed by atoms with E-state index >= 15 is 0 Å². The van der Waals surface area contributed by atoms with Gasteiger partial charge in [-0.3, -0.25) is 4.79 Å². The standard InChI is InChI=1S/C18H14ClF2NO3/c19-12-9-14(21)13(20)8-11(12)17(23)22-10-3-4-15-16(7-10)25-18(24-15)5-1-2-6-18/h3-4,7-9H,1-2,5-6H2,(H,22,23). The topological polar surface area (TPSA) is 47.6 Å². The Balaban J connectivity index is 1.55. The highest BCUT2D eigenvalue weighted by atomic mass is 35.5. The molecule has 2 aromatic carbocycles. The molecule has 2 aromatic rings. The van der Waals surface area contributed by atoms with Crippen LogP contribution in [0.4, 0.5) is 14.5 Å². The zero-order valence-electron chi connectivity index (χ0n) is 13.1. The first kappa shape index (κ1) is 16.1. The smallest absolute Gasteiger partial charge is 0.257 e. The highest BCUT2D eigenvalue weighted by Crippen LogP contribution is 2.47. The molecule has 0 bridgehead atoms. The molecule has 2 aliphatic rings.